The summed E-state index contributed by atoms with van der Waals surface area (Å²) in [7, 11) is 0. The molecular formula is C14H15N3O2. The first kappa shape index (κ1) is 13.0. The van der Waals surface area contributed by atoms with Gasteiger partial charge in [-0.2, -0.15) is 0 Å². The number of hydrogen-bond donors (Lipinski definition) is 1. The van der Waals surface area contributed by atoms with Crippen molar-refractivity contribution < 1.29 is 4.92 Å². The Hall–Kier alpha value is -2.43. The van der Waals surface area contributed by atoms with Crippen LogP contribution in [0.3, 0.4) is 0 Å². The van der Waals surface area contributed by atoms with Crippen LogP contribution in [0, 0.1) is 10.1 Å². The third kappa shape index (κ3) is 3.07. The second-order valence-corrected chi connectivity index (χ2v) is 4.55. The minimum Gasteiger partial charge on any atom is -0.358 e. The van der Waals surface area contributed by atoms with Gasteiger partial charge in [-0.3, -0.25) is 0 Å². The highest BCUT2D eigenvalue weighted by molar-refractivity contribution is 5.71. The lowest BCUT2D eigenvalue weighted by Crippen LogP contribution is -1.90. The summed E-state index contributed by atoms with van der Waals surface area (Å²) >= 11 is 0. The molecule has 2 rings (SSSR count). The molecule has 0 spiro atoms. The Bertz CT molecular complexity index is 597. The van der Waals surface area contributed by atoms with Crippen molar-refractivity contribution in [1.29, 1.82) is 0 Å². The van der Waals surface area contributed by atoms with Crippen LogP contribution in [0.5, 0.6) is 0 Å². The smallest absolute Gasteiger partial charge is 0.347 e. The van der Waals surface area contributed by atoms with Crippen LogP contribution in [0.15, 0.2) is 30.6 Å². The Morgan fingerprint density at radius 3 is 2.53 bits per heavy atom. The number of rotatable bonds is 4. The van der Waals surface area contributed by atoms with E-state index in [0.29, 0.717) is 11.6 Å². The highest BCUT2D eigenvalue weighted by Gasteiger charge is 2.11. The fourth-order valence-corrected chi connectivity index (χ4v) is 1.73. The molecule has 0 saturated carbocycles. The molecule has 0 aliphatic heterocycles. The third-order valence-electron chi connectivity index (χ3n) is 2.87. The fraction of sp³-hybridized carbons (Fsp3) is 0.214. The molecule has 1 N–H and O–H groups in total. The van der Waals surface area contributed by atoms with Gasteiger partial charge in [0.15, 0.2) is 12.0 Å². The summed E-state index contributed by atoms with van der Waals surface area (Å²) < 4.78 is 0. The van der Waals surface area contributed by atoms with Gasteiger partial charge in [-0.1, -0.05) is 44.2 Å². The predicted molar refractivity (Wildman–Crippen MR) is 74.7 cm³/mol. The predicted octanol–water partition coefficient (Wildman–Crippen LogP) is 3.61. The quantitative estimate of drug-likeness (QED) is 0.671. The summed E-state index contributed by atoms with van der Waals surface area (Å²) in [4.78, 5) is 16.7. The van der Waals surface area contributed by atoms with Crippen molar-refractivity contribution in [3.05, 3.63) is 57.5 Å². The Morgan fingerprint density at radius 2 is 1.95 bits per heavy atom. The lowest BCUT2D eigenvalue weighted by molar-refractivity contribution is -0.389. The van der Waals surface area contributed by atoms with E-state index in [1.807, 2.05) is 18.2 Å². The van der Waals surface area contributed by atoms with Gasteiger partial charge in [-0.25, -0.2) is 9.97 Å². The van der Waals surface area contributed by atoms with Crippen LogP contribution < -0.4 is 0 Å². The summed E-state index contributed by atoms with van der Waals surface area (Å²) in [5.74, 6) is 0.403. The van der Waals surface area contributed by atoms with Crippen molar-refractivity contribution in [2.45, 2.75) is 19.8 Å². The topological polar surface area (TPSA) is 71.8 Å². The maximum atomic E-state index is 10.7. The molecule has 0 fully saturated rings. The number of H-pyrrole nitrogens is 1. The van der Waals surface area contributed by atoms with Crippen LogP contribution >= 0.6 is 0 Å². The number of nitrogens with zero attached hydrogens (tertiary/aromatic N) is 2. The van der Waals surface area contributed by atoms with Gasteiger partial charge >= 0.3 is 5.82 Å². The number of nitro groups is 1. The monoisotopic (exact) mass is 257 g/mol. The van der Waals surface area contributed by atoms with Gasteiger partial charge in [0, 0.05) is 0 Å². The van der Waals surface area contributed by atoms with Gasteiger partial charge in [-0.05, 0) is 28.0 Å². The number of aromatic nitrogens is 2. The van der Waals surface area contributed by atoms with Crippen molar-refractivity contribution in [2.24, 2.45) is 0 Å². The Morgan fingerprint density at radius 1 is 1.26 bits per heavy atom. The van der Waals surface area contributed by atoms with Crippen LogP contribution in [0.2, 0.25) is 0 Å². The van der Waals surface area contributed by atoms with E-state index in [0.717, 1.165) is 5.56 Å². The van der Waals surface area contributed by atoms with Crippen molar-refractivity contribution in [3.8, 4) is 0 Å². The van der Waals surface area contributed by atoms with E-state index in [1.165, 1.54) is 11.9 Å². The SMILES string of the molecule is CC(C)c1ccc(/C=C/c2nc[nH]c2[N+](=O)[O-])cc1. The van der Waals surface area contributed by atoms with Gasteiger partial charge in [0.2, 0.25) is 0 Å². The molecule has 1 aromatic heterocycles. The van der Waals surface area contributed by atoms with Gasteiger partial charge in [0.1, 0.15) is 0 Å². The minimum absolute atomic E-state index is 0.0879. The zero-order valence-corrected chi connectivity index (χ0v) is 10.8. The molecule has 0 aliphatic rings. The van der Waals surface area contributed by atoms with E-state index in [1.54, 1.807) is 6.08 Å². The van der Waals surface area contributed by atoms with Crippen LogP contribution in [-0.4, -0.2) is 14.9 Å². The molecule has 19 heavy (non-hydrogen) atoms. The van der Waals surface area contributed by atoms with Gasteiger partial charge < -0.3 is 10.1 Å². The Kier molecular flexibility index (Phi) is 3.75. The minimum atomic E-state index is -0.478. The molecule has 2 aromatic rings. The molecule has 5 nitrogen and oxygen atoms in total. The average Bonchev–Trinajstić information content (AvgIpc) is 2.85. The number of aromatic amines is 1. The first-order valence-corrected chi connectivity index (χ1v) is 6.03. The molecule has 0 bridgehead atoms. The van der Waals surface area contributed by atoms with Crippen molar-refractivity contribution in [1.82, 2.24) is 9.97 Å². The van der Waals surface area contributed by atoms with Crippen molar-refractivity contribution in [2.75, 3.05) is 0 Å². The first-order valence-electron chi connectivity index (χ1n) is 6.03. The third-order valence-corrected chi connectivity index (χ3v) is 2.87. The molecule has 0 radical (unpaired) electrons. The zero-order chi connectivity index (χ0) is 13.8. The number of imidazole rings is 1. The lowest BCUT2D eigenvalue weighted by atomic mass is 10.0. The molecule has 0 atom stereocenters. The molecule has 0 amide bonds. The average molecular weight is 257 g/mol. The fourth-order valence-electron chi connectivity index (χ4n) is 1.73. The molecule has 0 aliphatic carbocycles. The maximum Gasteiger partial charge on any atom is 0.347 e. The van der Waals surface area contributed by atoms with E-state index in [-0.39, 0.29) is 5.82 Å². The summed E-state index contributed by atoms with van der Waals surface area (Å²) in [6.45, 7) is 4.27. The van der Waals surface area contributed by atoms with E-state index in [9.17, 15) is 10.1 Å². The van der Waals surface area contributed by atoms with Gasteiger partial charge in [0.25, 0.3) is 0 Å². The summed E-state index contributed by atoms with van der Waals surface area (Å²) in [6.07, 6.45) is 4.77. The molecule has 1 aromatic carbocycles. The molecule has 0 unspecified atom stereocenters. The lowest BCUT2D eigenvalue weighted by Gasteiger charge is -2.04. The standard InChI is InChI=1S/C14H15N3O2/c1-10(2)12-6-3-11(4-7-12)5-8-13-14(17(18)19)16-9-15-13/h3-10H,1-2H3,(H,15,16)/b8-5+. The maximum absolute atomic E-state index is 10.7. The largest absolute Gasteiger partial charge is 0.358 e. The van der Waals surface area contributed by atoms with Crippen LogP contribution in [0.1, 0.15) is 36.6 Å². The number of benzene rings is 1. The normalized spacial score (nSPS) is 11.3. The first-order chi connectivity index (χ1) is 9.08. The van der Waals surface area contributed by atoms with E-state index in [4.69, 9.17) is 0 Å². The summed E-state index contributed by atoms with van der Waals surface area (Å²) in [6, 6.07) is 8.10. The van der Waals surface area contributed by atoms with E-state index in [2.05, 4.69) is 35.9 Å². The second-order valence-electron chi connectivity index (χ2n) is 4.55. The van der Waals surface area contributed by atoms with Gasteiger partial charge in [0.05, 0.1) is 0 Å². The molecule has 0 saturated heterocycles. The molecule has 5 heteroatoms. The van der Waals surface area contributed by atoms with Crippen LogP contribution in [-0.2, 0) is 0 Å². The highest BCUT2D eigenvalue weighted by Crippen LogP contribution is 2.18. The Labute approximate surface area is 111 Å². The molecule has 1 heterocycles. The summed E-state index contributed by atoms with van der Waals surface area (Å²) in [5.41, 5.74) is 2.59. The number of nitrogens with one attached hydrogen (secondary N) is 1. The van der Waals surface area contributed by atoms with Crippen LogP contribution in [0.4, 0.5) is 5.82 Å². The van der Waals surface area contributed by atoms with Crippen molar-refractivity contribution >= 4 is 18.0 Å². The highest BCUT2D eigenvalue weighted by atomic mass is 16.6. The van der Waals surface area contributed by atoms with E-state index < -0.39 is 4.92 Å². The number of hydrogen-bond acceptors (Lipinski definition) is 3. The van der Waals surface area contributed by atoms with Gasteiger partial charge in [-0.15, -0.1) is 0 Å². The summed E-state index contributed by atoms with van der Waals surface area (Å²) in [5, 5.41) is 10.7. The second kappa shape index (κ2) is 5.48. The van der Waals surface area contributed by atoms with Crippen molar-refractivity contribution in [3.63, 3.8) is 0 Å². The zero-order valence-electron chi connectivity index (χ0n) is 10.8. The Balaban J connectivity index is 2.18. The van der Waals surface area contributed by atoms with E-state index >= 15 is 0 Å². The van der Waals surface area contributed by atoms with Crippen LogP contribution in [0.25, 0.3) is 12.2 Å². The molecule has 98 valence electrons. The molecular weight excluding hydrogens is 242 g/mol.